The van der Waals surface area contributed by atoms with E-state index in [9.17, 15) is 24.7 Å². The minimum atomic E-state index is -1.38. The number of hydrazine groups is 1. The Labute approximate surface area is 254 Å². The third-order valence-electron chi connectivity index (χ3n) is 10.2. The summed E-state index contributed by atoms with van der Waals surface area (Å²) in [5, 5.41) is 22.4. The fraction of sp³-hybridized carbons (Fsp3) is 0.314. The van der Waals surface area contributed by atoms with Crippen LogP contribution in [0.2, 0.25) is 0 Å². The van der Waals surface area contributed by atoms with Gasteiger partial charge in [-0.2, -0.15) is 10.1 Å². The van der Waals surface area contributed by atoms with E-state index < -0.39 is 58.6 Å². The minimum Gasteiger partial charge on any atom is -0.507 e. The van der Waals surface area contributed by atoms with Crippen molar-refractivity contribution in [2.24, 2.45) is 23.7 Å². The Morgan fingerprint density at radius 2 is 1.50 bits per heavy atom. The summed E-state index contributed by atoms with van der Waals surface area (Å²) in [5.74, 6) is -5.70. The number of hydroxylamine groups is 2. The molecule has 2 aliphatic heterocycles. The predicted molar refractivity (Wildman–Crippen MR) is 160 cm³/mol. The molecule has 3 N–H and O–H groups in total. The second kappa shape index (κ2) is 9.89. The summed E-state index contributed by atoms with van der Waals surface area (Å²) in [6, 6.07) is 20.4. The molecule has 2 saturated heterocycles. The maximum Gasteiger partial charge on any atom is 0.260 e. The Hall–Kier alpha value is -4.76. The second-order valence-electron chi connectivity index (χ2n) is 12.6. The van der Waals surface area contributed by atoms with E-state index in [1.807, 2.05) is 79.7 Å². The lowest BCUT2D eigenvalue weighted by molar-refractivity contribution is -0.173. The number of phenolic OH excluding ortho intramolecular Hbond substituents is 1. The molecule has 2 heterocycles. The van der Waals surface area contributed by atoms with E-state index in [1.54, 1.807) is 13.8 Å². The van der Waals surface area contributed by atoms with Gasteiger partial charge in [-0.25, -0.2) is 0 Å². The number of allylic oxidation sites excluding steroid dienone is 2. The average molecular weight is 592 g/mol. The number of aryl methyl sites for hydroxylation is 3. The molecule has 2 aliphatic carbocycles. The first-order valence-corrected chi connectivity index (χ1v) is 14.9. The van der Waals surface area contributed by atoms with Crippen molar-refractivity contribution in [1.82, 2.24) is 10.1 Å². The van der Waals surface area contributed by atoms with Crippen molar-refractivity contribution in [2.75, 3.05) is 5.43 Å². The molecule has 9 heteroatoms. The van der Waals surface area contributed by atoms with Gasteiger partial charge in [-0.05, 0) is 73.9 Å². The van der Waals surface area contributed by atoms with Crippen molar-refractivity contribution in [1.29, 1.82) is 0 Å². The van der Waals surface area contributed by atoms with Gasteiger partial charge in [0.1, 0.15) is 5.75 Å². The van der Waals surface area contributed by atoms with Crippen LogP contribution in [0.25, 0.3) is 0 Å². The number of hydrogen-bond acceptors (Lipinski definition) is 7. The van der Waals surface area contributed by atoms with Crippen LogP contribution < -0.4 is 5.43 Å². The van der Waals surface area contributed by atoms with Crippen molar-refractivity contribution < 1.29 is 29.5 Å². The van der Waals surface area contributed by atoms with Crippen LogP contribution >= 0.6 is 0 Å². The van der Waals surface area contributed by atoms with Crippen molar-refractivity contribution >= 4 is 29.3 Å². The van der Waals surface area contributed by atoms with Gasteiger partial charge in [0.15, 0.2) is 0 Å². The van der Waals surface area contributed by atoms with E-state index in [-0.39, 0.29) is 23.7 Å². The molecule has 4 amide bonds. The molecule has 3 fully saturated rings. The lowest BCUT2D eigenvalue weighted by Gasteiger charge is -2.50. The smallest absolute Gasteiger partial charge is 0.260 e. The van der Waals surface area contributed by atoms with Crippen LogP contribution in [0.4, 0.5) is 5.69 Å². The number of benzene rings is 3. The van der Waals surface area contributed by atoms with Crippen LogP contribution in [-0.4, -0.2) is 44.0 Å². The molecule has 6 unspecified atom stereocenters. The number of nitrogens with zero attached hydrogens (tertiary/aromatic N) is 2. The number of imide groups is 2. The molecule has 0 spiro atoms. The molecular weight excluding hydrogens is 558 g/mol. The zero-order chi connectivity index (χ0) is 31.1. The van der Waals surface area contributed by atoms with Gasteiger partial charge in [0, 0.05) is 5.92 Å². The van der Waals surface area contributed by atoms with Crippen LogP contribution in [0.1, 0.15) is 46.6 Å². The van der Waals surface area contributed by atoms with Gasteiger partial charge in [-0.1, -0.05) is 71.8 Å². The standard InChI is InChI=1S/C35H33N3O6/c1-18-9-11-23(12-10-18)36-37-32(41)27-17-26-24(13-14-25-28(26)33(42)38(44)31(25)40)29(21-15-19(2)30(39)20(3)16-21)35(27,34(37)43)22-7-5-4-6-8-22/h4-13,15-16,25-29,36,39,44H,14,17H2,1-3H3. The molecule has 3 aromatic carbocycles. The zero-order valence-corrected chi connectivity index (χ0v) is 24.7. The van der Waals surface area contributed by atoms with E-state index in [2.05, 4.69) is 5.43 Å². The van der Waals surface area contributed by atoms with Crippen LogP contribution in [-0.2, 0) is 24.6 Å². The maximum atomic E-state index is 15.0. The number of phenols is 1. The Morgan fingerprint density at radius 3 is 2.16 bits per heavy atom. The SMILES string of the molecule is Cc1ccc(NN2C(=O)C3CC4C(=CCC5C(=O)N(O)C(=O)C54)C(c4cc(C)c(O)c(C)c4)C3(c3ccccc3)C2=O)cc1. The van der Waals surface area contributed by atoms with Gasteiger partial charge in [-0.15, -0.1) is 0 Å². The summed E-state index contributed by atoms with van der Waals surface area (Å²) in [4.78, 5) is 55.8. The minimum absolute atomic E-state index is 0.146. The molecule has 44 heavy (non-hydrogen) atoms. The molecule has 4 aliphatic rings. The van der Waals surface area contributed by atoms with Crippen LogP contribution in [0.5, 0.6) is 5.75 Å². The molecule has 3 aromatic rings. The lowest BCUT2D eigenvalue weighted by atomic mass is 9.49. The number of carbonyl (C=O) groups is 4. The first-order valence-electron chi connectivity index (χ1n) is 14.9. The molecule has 1 saturated carbocycles. The highest BCUT2D eigenvalue weighted by atomic mass is 16.5. The van der Waals surface area contributed by atoms with Gasteiger partial charge in [0.05, 0.1) is 28.9 Å². The van der Waals surface area contributed by atoms with Crippen molar-refractivity contribution in [3.63, 3.8) is 0 Å². The Balaban J connectivity index is 1.48. The molecule has 0 aromatic heterocycles. The highest BCUT2D eigenvalue weighted by Gasteiger charge is 2.70. The first kappa shape index (κ1) is 28.0. The summed E-state index contributed by atoms with van der Waals surface area (Å²) in [6.45, 7) is 5.53. The Bertz CT molecular complexity index is 1740. The number of carbonyl (C=O) groups excluding carboxylic acids is 4. The van der Waals surface area contributed by atoms with E-state index in [0.717, 1.165) is 21.7 Å². The van der Waals surface area contributed by atoms with Crippen molar-refractivity contribution in [3.05, 3.63) is 106 Å². The van der Waals surface area contributed by atoms with Crippen LogP contribution in [0, 0.1) is 44.4 Å². The number of anilines is 1. The summed E-state index contributed by atoms with van der Waals surface area (Å²) < 4.78 is 0. The number of hydrogen-bond donors (Lipinski definition) is 3. The number of nitrogens with one attached hydrogen (secondary N) is 1. The fourth-order valence-electron chi connectivity index (χ4n) is 8.26. The quantitative estimate of drug-likeness (QED) is 0.228. The van der Waals surface area contributed by atoms with Gasteiger partial charge in [0.25, 0.3) is 23.6 Å². The molecule has 0 radical (unpaired) electrons. The van der Waals surface area contributed by atoms with Crippen LogP contribution in [0.15, 0.2) is 78.4 Å². The van der Waals surface area contributed by atoms with Gasteiger partial charge in [0.2, 0.25) is 0 Å². The van der Waals surface area contributed by atoms with Crippen molar-refractivity contribution in [3.8, 4) is 5.75 Å². The van der Waals surface area contributed by atoms with E-state index in [0.29, 0.717) is 22.4 Å². The highest BCUT2D eigenvalue weighted by Crippen LogP contribution is 2.64. The summed E-state index contributed by atoms with van der Waals surface area (Å²) >= 11 is 0. The summed E-state index contributed by atoms with van der Waals surface area (Å²) in [6.07, 6.45) is 2.32. The molecule has 224 valence electrons. The number of rotatable bonds is 4. The van der Waals surface area contributed by atoms with Gasteiger partial charge < -0.3 is 5.11 Å². The molecule has 7 rings (SSSR count). The monoisotopic (exact) mass is 591 g/mol. The third-order valence-corrected chi connectivity index (χ3v) is 10.2. The molecule has 6 atom stereocenters. The van der Waals surface area contributed by atoms with E-state index in [4.69, 9.17) is 0 Å². The van der Waals surface area contributed by atoms with Crippen LogP contribution in [0.3, 0.4) is 0 Å². The fourth-order valence-corrected chi connectivity index (χ4v) is 8.26. The Kier molecular flexibility index (Phi) is 6.30. The van der Waals surface area contributed by atoms with E-state index >= 15 is 4.79 Å². The molecular formula is C35H33N3O6. The first-order chi connectivity index (χ1) is 21.0. The molecule has 9 nitrogen and oxygen atoms in total. The number of aromatic hydroxyl groups is 1. The number of fused-ring (bicyclic) bond motifs is 4. The normalized spacial score (nSPS) is 29.4. The van der Waals surface area contributed by atoms with Crippen molar-refractivity contribution in [2.45, 2.75) is 44.9 Å². The summed E-state index contributed by atoms with van der Waals surface area (Å²) in [5.41, 5.74) is 6.75. The Morgan fingerprint density at radius 1 is 0.841 bits per heavy atom. The molecule has 0 bridgehead atoms. The zero-order valence-electron chi connectivity index (χ0n) is 24.7. The second-order valence-corrected chi connectivity index (χ2v) is 12.6. The summed E-state index contributed by atoms with van der Waals surface area (Å²) in [7, 11) is 0. The topological polar surface area (TPSA) is 127 Å². The van der Waals surface area contributed by atoms with Gasteiger partial charge in [-0.3, -0.25) is 29.8 Å². The number of amides is 4. The van der Waals surface area contributed by atoms with Gasteiger partial charge >= 0.3 is 0 Å². The largest absolute Gasteiger partial charge is 0.507 e. The predicted octanol–water partition coefficient (Wildman–Crippen LogP) is 4.69. The third kappa shape index (κ3) is 3.75. The maximum absolute atomic E-state index is 15.0. The van der Waals surface area contributed by atoms with E-state index in [1.165, 1.54) is 0 Å². The lowest BCUT2D eigenvalue weighted by Crippen LogP contribution is -2.53. The highest BCUT2D eigenvalue weighted by molar-refractivity contribution is 6.13. The average Bonchev–Trinajstić information content (AvgIpc) is 3.37.